The molecule has 0 aliphatic carbocycles. The Morgan fingerprint density at radius 2 is 0.966 bits per heavy atom. The van der Waals surface area contributed by atoms with E-state index in [2.05, 4.69) is 101 Å². The molecule has 0 spiro atoms. The Labute approximate surface area is 860 Å². The summed E-state index contributed by atoms with van der Waals surface area (Å²) in [6.07, 6.45) is 2.93. The van der Waals surface area contributed by atoms with Gasteiger partial charge in [-0.3, -0.25) is 115 Å². The summed E-state index contributed by atoms with van der Waals surface area (Å²) >= 11 is 1.06. The van der Waals surface area contributed by atoms with E-state index >= 15 is 0 Å². The molecule has 2 saturated heterocycles. The third-order valence-electron chi connectivity index (χ3n) is 24.9. The molecule has 147 heavy (non-hydrogen) atoms. The van der Waals surface area contributed by atoms with Crippen LogP contribution in [0.15, 0.2) is 77.3 Å². The number of hydrogen-bond acceptors (Lipinski definition) is 27. The minimum absolute atomic E-state index is 0.00534. The Morgan fingerprint density at radius 3 is 1.47 bits per heavy atom. The maximum atomic E-state index is 14.8. The molecule has 3 aliphatic rings. The minimum atomic E-state index is -1.82. The molecular formula is C97H152N24O25S. The van der Waals surface area contributed by atoms with Crippen LogP contribution in [-0.4, -0.2) is 316 Å². The van der Waals surface area contributed by atoms with Gasteiger partial charge >= 0.3 is 0 Å². The van der Waals surface area contributed by atoms with Crippen LogP contribution in [0.2, 0.25) is 0 Å². The maximum Gasteiger partial charge on any atom is 0.270 e. The number of rotatable bonds is 53. The Bertz CT molecular complexity index is 4990. The van der Waals surface area contributed by atoms with Gasteiger partial charge in [-0.25, -0.2) is 0 Å². The number of aliphatic hydroxyl groups excluding tert-OH is 2. The highest BCUT2D eigenvalue weighted by Gasteiger charge is 2.44. The van der Waals surface area contributed by atoms with Gasteiger partial charge in [-0.1, -0.05) is 131 Å². The second-order valence-corrected chi connectivity index (χ2v) is 38.9. The number of aliphatic hydroxyl groups is 2. The molecule has 49 nitrogen and oxygen atoms in total. The van der Waals surface area contributed by atoms with E-state index in [4.69, 9.17) is 11.5 Å². The quantitative estimate of drug-likeness (QED) is 0.0271. The number of thioether (sulfide) groups is 1. The average Bonchev–Trinajstić information content (AvgIpc) is 1.44. The number of amides is 23. The summed E-state index contributed by atoms with van der Waals surface area (Å²) in [4.78, 5) is 321. The number of nitrogens with zero attached hydrogens (tertiary/aromatic N) is 3. The zero-order valence-corrected chi connectivity index (χ0v) is 88.1. The van der Waals surface area contributed by atoms with Gasteiger partial charge in [0, 0.05) is 44.3 Å². The molecule has 2 fully saturated rings. The van der Waals surface area contributed by atoms with Crippen LogP contribution in [0.4, 0.5) is 0 Å². The summed E-state index contributed by atoms with van der Waals surface area (Å²) in [5, 5.41) is 70.6. The molecule has 3 heterocycles. The largest absolute Gasteiger partial charge is 0.394 e. The van der Waals surface area contributed by atoms with E-state index in [1.165, 1.54) is 77.1 Å². The molecule has 25 N–H and O–H groups in total. The van der Waals surface area contributed by atoms with Crippen LogP contribution in [0.5, 0.6) is 0 Å². The van der Waals surface area contributed by atoms with E-state index in [-0.39, 0.29) is 80.6 Å². The summed E-state index contributed by atoms with van der Waals surface area (Å²) in [6, 6.07) is -15.4. The second-order valence-electron chi connectivity index (χ2n) is 37.9. The minimum Gasteiger partial charge on any atom is -0.394 e. The summed E-state index contributed by atoms with van der Waals surface area (Å²) in [5.74, 6) is -23.1. The normalized spacial score (nSPS) is 19.4. The number of primary amides is 2. The van der Waals surface area contributed by atoms with Crippen LogP contribution in [-0.2, 0) is 117 Å². The number of likely N-dealkylation sites (N-methyl/N-ethyl adjacent to an activating group) is 1. The zero-order chi connectivity index (χ0) is 111. The number of nitrogens with one attached hydrogen (secondary N) is 19. The van der Waals surface area contributed by atoms with Crippen molar-refractivity contribution in [1.82, 2.24) is 116 Å². The Kier molecular flexibility index (Phi) is 52.6. The second kappa shape index (κ2) is 61.6. The molecule has 20 unspecified atom stereocenters. The predicted octanol–water partition coefficient (Wildman–Crippen LogP) is -5.13. The summed E-state index contributed by atoms with van der Waals surface area (Å²) in [7, 11) is 3.39. The fraction of sp³-hybridized carbons (Fsp3) is 0.619. The van der Waals surface area contributed by atoms with Gasteiger partial charge in [0.25, 0.3) is 17.7 Å². The fourth-order valence-corrected chi connectivity index (χ4v) is 16.1. The van der Waals surface area contributed by atoms with Crippen LogP contribution in [0.3, 0.4) is 0 Å². The van der Waals surface area contributed by atoms with Crippen molar-refractivity contribution in [2.45, 2.75) is 310 Å². The molecule has 0 aromatic heterocycles. The van der Waals surface area contributed by atoms with E-state index in [9.17, 15) is 120 Å². The van der Waals surface area contributed by atoms with Crippen LogP contribution >= 0.6 is 11.8 Å². The van der Waals surface area contributed by atoms with Gasteiger partial charge in [-0.15, -0.1) is 11.8 Å². The lowest BCUT2D eigenvalue weighted by Crippen LogP contribution is -2.62. The molecule has 0 bridgehead atoms. The SMILES string of the molecule is CC=C(NC(=O)C(CO)NC(=O)CNC(=O)C(CCC(N)=O)NC(=O)C(NC(=O)C(NC(=O)C(Cc1ccccc1)NC(=O)C(CCC(N)=O)NC(=O)C(C)NC(=O)C(C)NC(=O)C(NC(=O)C1CCCN1C(=O)C(=CC)NC(=O)C(C)NC(=O)C1CCCN1C(=O)C(=CC)NC(=O)C(C)N(C)C)C(C)O)C(C)C)C(C)CC)C(=O)NC(C(=O)NC1CSC=CNC(=O)C(C(C)C)NC(=O)C(CC(C)C)NC1=O)C(C)CC. The van der Waals surface area contributed by atoms with E-state index in [0.29, 0.717) is 18.4 Å². The van der Waals surface area contributed by atoms with Crippen molar-refractivity contribution >= 4 is 148 Å². The number of nitrogens with two attached hydrogens (primary N) is 2. The van der Waals surface area contributed by atoms with Gasteiger partial charge < -0.3 is 132 Å². The molecule has 3 aliphatic heterocycles. The summed E-state index contributed by atoms with van der Waals surface area (Å²) in [5.41, 5.74) is 10.7. The van der Waals surface area contributed by atoms with Gasteiger partial charge in [-0.2, -0.15) is 0 Å². The van der Waals surface area contributed by atoms with Crippen molar-refractivity contribution in [2.75, 3.05) is 46.1 Å². The molecule has 0 saturated carbocycles. The lowest BCUT2D eigenvalue weighted by Gasteiger charge is -2.30. The average molecular weight is 2090 g/mol. The van der Waals surface area contributed by atoms with Crippen molar-refractivity contribution in [2.24, 2.45) is 41.1 Å². The Hall–Kier alpha value is -13.8. The van der Waals surface area contributed by atoms with Crippen molar-refractivity contribution in [3.63, 3.8) is 0 Å². The molecule has 816 valence electrons. The van der Waals surface area contributed by atoms with Gasteiger partial charge in [0.15, 0.2) is 0 Å². The fourth-order valence-electron chi connectivity index (χ4n) is 15.4. The Morgan fingerprint density at radius 1 is 0.497 bits per heavy atom. The topological polar surface area (TPSA) is 723 Å². The third-order valence-corrected chi connectivity index (χ3v) is 25.8. The molecule has 20 atom stereocenters. The van der Waals surface area contributed by atoms with Crippen LogP contribution in [0, 0.1) is 29.6 Å². The molecule has 4 rings (SSSR count). The monoisotopic (exact) mass is 2090 g/mol. The first-order valence-corrected chi connectivity index (χ1v) is 50.3. The molecule has 1 aromatic carbocycles. The summed E-state index contributed by atoms with van der Waals surface area (Å²) < 4.78 is 0. The highest BCUT2D eigenvalue weighted by atomic mass is 32.2. The van der Waals surface area contributed by atoms with E-state index < -0.39 is 307 Å². The van der Waals surface area contributed by atoms with Gasteiger partial charge in [0.05, 0.1) is 25.3 Å². The first kappa shape index (κ1) is 126. The van der Waals surface area contributed by atoms with Crippen molar-refractivity contribution in [3.05, 3.63) is 82.8 Å². The standard InChI is InChI=1S/C97H152N24O25S/c1-21-51(12)75(94(143)113-67-47-147-42-39-100-91(140)73(49(8)9)114-85(134)64(43-48(6)7)111-88(67)137)116-83(132)59(23-3)106-87(136)66(46-122)105-72(126)45-101-82(131)62(35-37-70(98)124)110-93(142)76(52(13)22-2)117-92(141)74(50(10)11)115-86(135)65(44-58-31-27-26-28-32-58)112-84(133)63(36-38-71(99)125)109-80(129)54(15)102-78(127)53(14)104-95(144)77(57(18)123)118-90(139)69-34-30-41-121(69)96(145)60(24-4)107-79(128)55(16)103-89(138)68-33-29-40-120(68)97(146)61(25-5)108-81(130)56(17)119(19)20/h23-28,31-32,39,42,48-57,62-69,73-77,122-123H,21-22,29-30,33-38,40-41,43-47H2,1-20H3,(H2,98,124)(H2,99,125)(H,100,140)(H,101,131)(H,102,127)(H,103,138)(H,104,144)(H,105,126)(H,106,136)(H,107,128)(H,108,130)(H,109,129)(H,110,142)(H,111,137)(H,112,133)(H,113,143)(H,114,134)(H,115,135)(H,116,132)(H,117,141)(H,118,139). The predicted molar refractivity (Wildman–Crippen MR) is 539 cm³/mol. The van der Waals surface area contributed by atoms with E-state index in [1.54, 1.807) is 105 Å². The highest BCUT2D eigenvalue weighted by molar-refractivity contribution is 8.02. The van der Waals surface area contributed by atoms with Crippen molar-refractivity contribution in [1.29, 1.82) is 0 Å². The lowest BCUT2D eigenvalue weighted by molar-refractivity contribution is -0.139. The van der Waals surface area contributed by atoms with Gasteiger partial charge in [-0.05, 0) is 155 Å². The lowest BCUT2D eigenvalue weighted by atomic mass is 9.95. The van der Waals surface area contributed by atoms with Crippen LogP contribution < -0.4 is 112 Å². The van der Waals surface area contributed by atoms with Crippen molar-refractivity contribution in [3.8, 4) is 0 Å². The van der Waals surface area contributed by atoms with Crippen LogP contribution in [0.1, 0.15) is 201 Å². The third kappa shape index (κ3) is 39.8. The maximum absolute atomic E-state index is 14.8. The van der Waals surface area contributed by atoms with E-state index in [1.807, 2.05) is 13.8 Å². The number of likely N-dealkylation sites (tertiary alicyclic amines) is 2. The van der Waals surface area contributed by atoms with Crippen molar-refractivity contribution < 1.29 is 120 Å². The Balaban J connectivity index is 1.43. The number of benzene rings is 1. The number of allylic oxidation sites excluding steroid dienone is 3. The molecule has 1 aromatic rings. The highest BCUT2D eigenvalue weighted by Crippen LogP contribution is 2.24. The zero-order valence-electron chi connectivity index (χ0n) is 87.3. The van der Waals surface area contributed by atoms with Gasteiger partial charge in [0.2, 0.25) is 118 Å². The smallest absolute Gasteiger partial charge is 0.270 e. The number of hydrogen-bond donors (Lipinski definition) is 23. The first-order valence-electron chi connectivity index (χ1n) is 49.3. The molecule has 23 amide bonds. The summed E-state index contributed by atoms with van der Waals surface area (Å²) in [6.45, 7) is 25.9. The molecule has 50 heteroatoms. The van der Waals surface area contributed by atoms with Gasteiger partial charge in [0.1, 0.15) is 114 Å². The van der Waals surface area contributed by atoms with E-state index in [0.717, 1.165) is 29.7 Å². The molecular weight excluding hydrogens is 1930 g/mol. The molecule has 0 radical (unpaired) electrons. The first-order chi connectivity index (χ1) is 69.1. The number of carbonyl (C=O) groups is 23. The van der Waals surface area contributed by atoms with Crippen LogP contribution in [0.25, 0.3) is 0 Å². The number of carbonyl (C=O) groups excluding carboxylic acids is 23.